The average Bonchev–Trinajstić information content (AvgIpc) is 2.45. The number of nitrogens with zero attached hydrogens (tertiary/aromatic N) is 1. The van der Waals surface area contributed by atoms with Gasteiger partial charge >= 0.3 is 0 Å². The Balaban J connectivity index is 1.82. The second kappa shape index (κ2) is 6.31. The SMILES string of the molecule is N#CCCc1ccc2c(c1)OCC1CCCCCCC21. The molecule has 1 aliphatic heterocycles. The highest BCUT2D eigenvalue weighted by Crippen LogP contribution is 2.43. The predicted octanol–water partition coefficient (Wildman–Crippen LogP) is 4.59. The molecule has 1 fully saturated rings. The molecule has 0 aromatic heterocycles. The third-order valence-corrected chi connectivity index (χ3v) is 4.86. The number of hydrogen-bond donors (Lipinski definition) is 0. The van der Waals surface area contributed by atoms with Gasteiger partial charge in [0.15, 0.2) is 0 Å². The Bertz CT molecular complexity index is 503. The van der Waals surface area contributed by atoms with Gasteiger partial charge in [0.1, 0.15) is 5.75 Å². The van der Waals surface area contributed by atoms with Crippen LogP contribution in [0.2, 0.25) is 0 Å². The monoisotopic (exact) mass is 269 g/mol. The van der Waals surface area contributed by atoms with Crippen LogP contribution in [0, 0.1) is 17.2 Å². The lowest BCUT2D eigenvalue weighted by Gasteiger charge is -2.35. The maximum absolute atomic E-state index is 8.70. The molecule has 1 heterocycles. The van der Waals surface area contributed by atoms with Crippen molar-refractivity contribution in [2.45, 2.75) is 57.3 Å². The number of ether oxygens (including phenoxy) is 1. The summed E-state index contributed by atoms with van der Waals surface area (Å²) < 4.78 is 6.03. The van der Waals surface area contributed by atoms with Crippen molar-refractivity contribution < 1.29 is 4.74 Å². The van der Waals surface area contributed by atoms with Crippen molar-refractivity contribution in [1.29, 1.82) is 5.26 Å². The Kier molecular flexibility index (Phi) is 4.25. The molecule has 0 N–H and O–H groups in total. The van der Waals surface area contributed by atoms with Crippen LogP contribution >= 0.6 is 0 Å². The molecule has 2 nitrogen and oxygen atoms in total. The maximum atomic E-state index is 8.70. The van der Waals surface area contributed by atoms with Crippen molar-refractivity contribution in [3.63, 3.8) is 0 Å². The van der Waals surface area contributed by atoms with Crippen LogP contribution in [0.3, 0.4) is 0 Å². The van der Waals surface area contributed by atoms with E-state index in [9.17, 15) is 0 Å². The molecule has 0 radical (unpaired) electrons. The van der Waals surface area contributed by atoms with Gasteiger partial charge < -0.3 is 4.74 Å². The van der Waals surface area contributed by atoms with E-state index in [-0.39, 0.29) is 0 Å². The summed E-state index contributed by atoms with van der Waals surface area (Å²) in [6.07, 6.45) is 9.56. The number of nitriles is 1. The Morgan fingerprint density at radius 3 is 2.85 bits per heavy atom. The number of aryl methyl sites for hydroxylation is 1. The molecule has 2 atom stereocenters. The first-order valence-corrected chi connectivity index (χ1v) is 8.01. The molecular formula is C18H23NO. The second-order valence-corrected chi connectivity index (χ2v) is 6.20. The van der Waals surface area contributed by atoms with E-state index in [1.807, 2.05) is 0 Å². The van der Waals surface area contributed by atoms with Gasteiger partial charge in [0, 0.05) is 6.42 Å². The molecule has 0 amide bonds. The van der Waals surface area contributed by atoms with Crippen LogP contribution in [0.4, 0.5) is 0 Å². The van der Waals surface area contributed by atoms with Crippen LogP contribution < -0.4 is 4.74 Å². The highest BCUT2D eigenvalue weighted by molar-refractivity contribution is 5.42. The van der Waals surface area contributed by atoms with Crippen molar-refractivity contribution in [2.24, 2.45) is 5.92 Å². The third kappa shape index (κ3) is 2.82. The van der Waals surface area contributed by atoms with E-state index in [1.165, 1.54) is 49.7 Å². The van der Waals surface area contributed by atoms with Gasteiger partial charge in [-0.15, -0.1) is 0 Å². The molecule has 20 heavy (non-hydrogen) atoms. The summed E-state index contributed by atoms with van der Waals surface area (Å²) in [7, 11) is 0. The van der Waals surface area contributed by atoms with Gasteiger partial charge in [-0.2, -0.15) is 5.26 Å². The summed E-state index contributed by atoms with van der Waals surface area (Å²) in [5.74, 6) is 2.50. The molecule has 1 aromatic carbocycles. The average molecular weight is 269 g/mol. The fraction of sp³-hybridized carbons (Fsp3) is 0.611. The minimum atomic E-state index is 0.588. The summed E-state index contributed by atoms with van der Waals surface area (Å²) in [5.41, 5.74) is 2.65. The molecule has 1 aliphatic carbocycles. The van der Waals surface area contributed by atoms with E-state index in [2.05, 4.69) is 24.3 Å². The van der Waals surface area contributed by atoms with E-state index in [0.29, 0.717) is 18.3 Å². The topological polar surface area (TPSA) is 33.0 Å². The minimum absolute atomic E-state index is 0.588. The van der Waals surface area contributed by atoms with Gasteiger partial charge in [0.2, 0.25) is 0 Å². The van der Waals surface area contributed by atoms with Crippen LogP contribution in [-0.4, -0.2) is 6.61 Å². The second-order valence-electron chi connectivity index (χ2n) is 6.20. The normalized spacial score (nSPS) is 25.4. The van der Waals surface area contributed by atoms with Crippen molar-refractivity contribution in [3.8, 4) is 11.8 Å². The predicted molar refractivity (Wildman–Crippen MR) is 79.8 cm³/mol. The smallest absolute Gasteiger partial charge is 0.123 e. The van der Waals surface area contributed by atoms with E-state index < -0.39 is 0 Å². The van der Waals surface area contributed by atoms with E-state index in [4.69, 9.17) is 10.00 Å². The molecule has 0 saturated heterocycles. The lowest BCUT2D eigenvalue weighted by Crippen LogP contribution is -2.27. The Morgan fingerprint density at radius 1 is 1.15 bits per heavy atom. The van der Waals surface area contributed by atoms with Crippen LogP contribution in [0.5, 0.6) is 5.75 Å². The maximum Gasteiger partial charge on any atom is 0.123 e. The summed E-state index contributed by atoms with van der Waals surface area (Å²) in [6, 6.07) is 8.84. The Labute approximate surface area is 121 Å². The molecule has 1 aromatic rings. The zero-order valence-corrected chi connectivity index (χ0v) is 12.1. The highest BCUT2D eigenvalue weighted by Gasteiger charge is 2.31. The summed E-state index contributed by atoms with van der Waals surface area (Å²) in [5, 5.41) is 8.70. The van der Waals surface area contributed by atoms with Crippen LogP contribution in [0.15, 0.2) is 18.2 Å². The number of fused-ring (bicyclic) bond motifs is 3. The first kappa shape index (κ1) is 13.5. The molecule has 0 spiro atoms. The van der Waals surface area contributed by atoms with Gasteiger partial charge in [-0.05, 0) is 48.3 Å². The molecule has 3 rings (SSSR count). The first-order valence-electron chi connectivity index (χ1n) is 8.01. The minimum Gasteiger partial charge on any atom is -0.493 e. The van der Waals surface area contributed by atoms with Crippen LogP contribution in [0.25, 0.3) is 0 Å². The van der Waals surface area contributed by atoms with Crippen LogP contribution in [-0.2, 0) is 6.42 Å². The lowest BCUT2D eigenvalue weighted by molar-refractivity contribution is 0.169. The quantitative estimate of drug-likeness (QED) is 0.786. The molecule has 0 bridgehead atoms. The van der Waals surface area contributed by atoms with E-state index in [0.717, 1.165) is 18.8 Å². The third-order valence-electron chi connectivity index (χ3n) is 4.86. The molecule has 2 aliphatic rings. The van der Waals surface area contributed by atoms with Crippen molar-refractivity contribution in [2.75, 3.05) is 6.61 Å². The first-order chi connectivity index (χ1) is 9.88. The number of benzene rings is 1. The van der Waals surface area contributed by atoms with Crippen molar-refractivity contribution in [3.05, 3.63) is 29.3 Å². The molecule has 2 unspecified atom stereocenters. The molecule has 1 saturated carbocycles. The Hall–Kier alpha value is -1.49. The van der Waals surface area contributed by atoms with Gasteiger partial charge in [-0.25, -0.2) is 0 Å². The fourth-order valence-electron chi connectivity index (χ4n) is 3.73. The van der Waals surface area contributed by atoms with Crippen LogP contribution in [0.1, 0.15) is 62.0 Å². The van der Waals surface area contributed by atoms with Gasteiger partial charge in [-0.1, -0.05) is 37.8 Å². The standard InChI is InChI=1S/C18H23NO/c19-11-5-6-14-9-10-17-16-8-4-2-1-3-7-15(16)13-20-18(17)12-14/h9-10,12,15-16H,1-8,13H2. The van der Waals surface area contributed by atoms with E-state index >= 15 is 0 Å². The summed E-state index contributed by atoms with van der Waals surface area (Å²) in [4.78, 5) is 0. The lowest BCUT2D eigenvalue weighted by atomic mass is 9.76. The summed E-state index contributed by atoms with van der Waals surface area (Å²) in [6.45, 7) is 0.888. The van der Waals surface area contributed by atoms with Gasteiger partial charge in [0.25, 0.3) is 0 Å². The Morgan fingerprint density at radius 2 is 2.00 bits per heavy atom. The fourth-order valence-corrected chi connectivity index (χ4v) is 3.73. The van der Waals surface area contributed by atoms with Crippen molar-refractivity contribution >= 4 is 0 Å². The van der Waals surface area contributed by atoms with Gasteiger partial charge in [-0.3, -0.25) is 0 Å². The summed E-state index contributed by atoms with van der Waals surface area (Å²) >= 11 is 0. The largest absolute Gasteiger partial charge is 0.493 e. The highest BCUT2D eigenvalue weighted by atomic mass is 16.5. The molecular weight excluding hydrogens is 246 g/mol. The van der Waals surface area contributed by atoms with Crippen molar-refractivity contribution in [1.82, 2.24) is 0 Å². The number of hydrogen-bond acceptors (Lipinski definition) is 2. The zero-order chi connectivity index (χ0) is 13.8. The molecule has 106 valence electrons. The van der Waals surface area contributed by atoms with E-state index in [1.54, 1.807) is 0 Å². The zero-order valence-electron chi connectivity index (χ0n) is 12.1. The molecule has 2 heteroatoms. The number of rotatable bonds is 2. The van der Waals surface area contributed by atoms with Gasteiger partial charge in [0.05, 0.1) is 12.7 Å².